The maximum Gasteiger partial charge on any atom is 0.241 e. The van der Waals surface area contributed by atoms with Crippen LogP contribution >= 0.6 is 0 Å². The molecule has 3 atom stereocenters. The number of rotatable bonds is 5. The Kier molecular flexibility index (Phi) is 4.98. The van der Waals surface area contributed by atoms with E-state index in [-0.39, 0.29) is 17.6 Å². The number of aromatic hydroxyl groups is 1. The van der Waals surface area contributed by atoms with Crippen molar-refractivity contribution in [2.45, 2.75) is 26.2 Å². The molecule has 0 radical (unpaired) electrons. The number of amides is 2. The molecule has 2 aromatic carbocycles. The predicted octanol–water partition coefficient (Wildman–Crippen LogP) is 4.59. The minimum absolute atomic E-state index is 0.00242. The number of imide groups is 1. The Morgan fingerprint density at radius 1 is 1.20 bits per heavy atom. The summed E-state index contributed by atoms with van der Waals surface area (Å²) in [7, 11) is 0. The summed E-state index contributed by atoms with van der Waals surface area (Å²) in [6.45, 7) is 8.00. The van der Waals surface area contributed by atoms with Crippen LogP contribution in [0.1, 0.15) is 31.7 Å². The van der Waals surface area contributed by atoms with E-state index >= 15 is 0 Å². The highest BCUT2D eigenvalue weighted by molar-refractivity contribution is 6.24. The van der Waals surface area contributed by atoms with Crippen LogP contribution in [0.5, 0.6) is 11.5 Å². The number of phenols is 1. The second kappa shape index (κ2) is 7.48. The van der Waals surface area contributed by atoms with Gasteiger partial charge in [0.15, 0.2) is 11.5 Å². The molecule has 1 saturated heterocycles. The number of carbonyl (C=O) groups excluding carboxylic acids is 2. The van der Waals surface area contributed by atoms with Gasteiger partial charge in [-0.15, -0.1) is 0 Å². The van der Waals surface area contributed by atoms with Crippen molar-refractivity contribution in [2.75, 3.05) is 11.5 Å². The van der Waals surface area contributed by atoms with Gasteiger partial charge in [0.25, 0.3) is 0 Å². The van der Waals surface area contributed by atoms with Crippen LogP contribution in [0.25, 0.3) is 0 Å². The van der Waals surface area contributed by atoms with Gasteiger partial charge in [0.05, 0.1) is 23.6 Å². The predicted molar refractivity (Wildman–Crippen MR) is 115 cm³/mol. The van der Waals surface area contributed by atoms with Crippen LogP contribution in [-0.2, 0) is 9.59 Å². The number of ether oxygens (including phenoxy) is 1. The van der Waals surface area contributed by atoms with Gasteiger partial charge in [0, 0.05) is 11.5 Å². The van der Waals surface area contributed by atoms with E-state index in [0.29, 0.717) is 30.0 Å². The summed E-state index contributed by atoms with van der Waals surface area (Å²) in [5.74, 6) is -1.15. The fourth-order valence-corrected chi connectivity index (χ4v) is 4.86. The molecule has 5 nitrogen and oxygen atoms in total. The number of para-hydroxylation sites is 2. The van der Waals surface area contributed by atoms with Gasteiger partial charge in [0.2, 0.25) is 11.8 Å². The molecule has 1 heterocycles. The molecule has 1 N–H and O–H groups in total. The zero-order valence-electron chi connectivity index (χ0n) is 17.2. The van der Waals surface area contributed by atoms with Crippen molar-refractivity contribution in [3.05, 3.63) is 78.4 Å². The van der Waals surface area contributed by atoms with Gasteiger partial charge >= 0.3 is 0 Å². The molecule has 0 bridgehead atoms. The third-order valence-electron chi connectivity index (χ3n) is 6.32. The van der Waals surface area contributed by atoms with Crippen LogP contribution in [-0.4, -0.2) is 23.5 Å². The maximum absolute atomic E-state index is 13.8. The zero-order valence-corrected chi connectivity index (χ0v) is 17.2. The Labute approximate surface area is 176 Å². The molecular formula is C25H25NO4. The molecule has 0 saturated carbocycles. The Balaban J connectivity index is 1.88. The Morgan fingerprint density at radius 2 is 1.93 bits per heavy atom. The highest BCUT2D eigenvalue weighted by Crippen LogP contribution is 2.58. The largest absolute Gasteiger partial charge is 0.504 e. The molecule has 1 aliphatic carbocycles. The quantitative estimate of drug-likeness (QED) is 0.742. The lowest BCUT2D eigenvalue weighted by Gasteiger charge is -2.40. The third kappa shape index (κ3) is 2.76. The second-order valence-electron chi connectivity index (χ2n) is 7.85. The van der Waals surface area contributed by atoms with Gasteiger partial charge in [-0.25, -0.2) is 4.90 Å². The highest BCUT2D eigenvalue weighted by atomic mass is 16.5. The Hall–Kier alpha value is -3.34. The van der Waals surface area contributed by atoms with Gasteiger partial charge in [-0.3, -0.25) is 9.59 Å². The van der Waals surface area contributed by atoms with Crippen molar-refractivity contribution in [1.29, 1.82) is 0 Å². The van der Waals surface area contributed by atoms with Crippen LogP contribution in [0.3, 0.4) is 0 Å². The molecule has 5 heteroatoms. The number of phenolic OH excluding ortho intramolecular Hbond substituents is 1. The monoisotopic (exact) mass is 403 g/mol. The third-order valence-corrected chi connectivity index (χ3v) is 6.32. The normalized spacial score (nSPS) is 25.7. The van der Waals surface area contributed by atoms with Crippen molar-refractivity contribution in [3.8, 4) is 11.5 Å². The van der Waals surface area contributed by atoms with E-state index in [1.165, 1.54) is 4.90 Å². The molecule has 0 aromatic heterocycles. The van der Waals surface area contributed by atoms with Crippen LogP contribution < -0.4 is 9.64 Å². The summed E-state index contributed by atoms with van der Waals surface area (Å²) in [5.41, 5.74) is 0.909. The number of benzene rings is 2. The average Bonchev–Trinajstić information content (AvgIpc) is 2.95. The molecule has 4 rings (SSSR count). The van der Waals surface area contributed by atoms with Crippen molar-refractivity contribution in [2.24, 2.45) is 11.3 Å². The van der Waals surface area contributed by atoms with E-state index in [1.807, 2.05) is 38.1 Å². The van der Waals surface area contributed by atoms with Crippen LogP contribution in [0.15, 0.2) is 72.8 Å². The number of allylic oxidation sites excluding steroid dienone is 3. The molecule has 1 aliphatic heterocycles. The fourth-order valence-electron chi connectivity index (χ4n) is 4.86. The first-order valence-electron chi connectivity index (χ1n) is 10.2. The van der Waals surface area contributed by atoms with E-state index in [9.17, 15) is 14.7 Å². The van der Waals surface area contributed by atoms with E-state index in [4.69, 9.17) is 4.74 Å². The minimum Gasteiger partial charge on any atom is -0.504 e. The molecule has 30 heavy (non-hydrogen) atoms. The van der Waals surface area contributed by atoms with Gasteiger partial charge in [0.1, 0.15) is 0 Å². The molecule has 1 fully saturated rings. The number of nitrogens with zero attached hydrogens (tertiary/aromatic N) is 1. The first-order chi connectivity index (χ1) is 14.4. The summed E-state index contributed by atoms with van der Waals surface area (Å²) >= 11 is 0. The molecule has 2 aromatic rings. The van der Waals surface area contributed by atoms with Gasteiger partial charge in [-0.2, -0.15) is 0 Å². The molecule has 0 spiro atoms. The summed E-state index contributed by atoms with van der Waals surface area (Å²) in [6, 6.07) is 14.3. The number of hydrogen-bond acceptors (Lipinski definition) is 4. The Morgan fingerprint density at radius 3 is 2.60 bits per heavy atom. The molecule has 3 unspecified atom stereocenters. The molecule has 2 aliphatic rings. The standard InChI is InChI=1S/C25H25NO4/c1-4-16-14-15-19-23(28)26(17-10-7-6-8-11-17)24(29)25(19,3)21(16)18-12-9-13-20(22(18)27)30-5-2/h4,6-14,19,21,27H,1,5,15H2,2-3H3. The van der Waals surface area contributed by atoms with E-state index in [2.05, 4.69) is 6.58 Å². The summed E-state index contributed by atoms with van der Waals surface area (Å²) in [6.07, 6.45) is 4.12. The first-order valence-corrected chi connectivity index (χ1v) is 10.2. The maximum atomic E-state index is 13.8. The zero-order chi connectivity index (χ0) is 21.5. The molecule has 2 amide bonds. The molecule has 154 valence electrons. The van der Waals surface area contributed by atoms with E-state index in [0.717, 1.165) is 5.57 Å². The highest BCUT2D eigenvalue weighted by Gasteiger charge is 2.62. The lowest BCUT2D eigenvalue weighted by atomic mass is 9.60. The summed E-state index contributed by atoms with van der Waals surface area (Å²) in [5, 5.41) is 11.0. The lowest BCUT2D eigenvalue weighted by Crippen LogP contribution is -2.41. The number of anilines is 1. The fraction of sp³-hybridized carbons (Fsp3) is 0.280. The van der Waals surface area contributed by atoms with Gasteiger partial charge in [-0.1, -0.05) is 49.1 Å². The lowest BCUT2D eigenvalue weighted by molar-refractivity contribution is -0.127. The number of carbonyl (C=O) groups is 2. The smallest absolute Gasteiger partial charge is 0.241 e. The SMILES string of the molecule is C=CC1=CCC2C(=O)N(c3ccccc3)C(=O)C2(C)C1c1cccc(OCC)c1O. The number of fused-ring (bicyclic) bond motifs is 1. The second-order valence-corrected chi connectivity index (χ2v) is 7.85. The van der Waals surface area contributed by atoms with Gasteiger partial charge in [-0.05, 0) is 44.0 Å². The van der Waals surface area contributed by atoms with Crippen LogP contribution in [0.2, 0.25) is 0 Å². The van der Waals surface area contributed by atoms with Crippen molar-refractivity contribution in [1.82, 2.24) is 0 Å². The van der Waals surface area contributed by atoms with Crippen molar-refractivity contribution in [3.63, 3.8) is 0 Å². The van der Waals surface area contributed by atoms with Crippen molar-refractivity contribution < 1.29 is 19.4 Å². The summed E-state index contributed by atoms with van der Waals surface area (Å²) in [4.78, 5) is 28.4. The van der Waals surface area contributed by atoms with Gasteiger partial charge < -0.3 is 9.84 Å². The number of hydrogen-bond donors (Lipinski definition) is 1. The average molecular weight is 403 g/mol. The van der Waals surface area contributed by atoms with Crippen LogP contribution in [0.4, 0.5) is 5.69 Å². The minimum atomic E-state index is -1.05. The first kappa shape index (κ1) is 20.0. The topological polar surface area (TPSA) is 66.8 Å². The van der Waals surface area contributed by atoms with Crippen molar-refractivity contribution >= 4 is 17.5 Å². The van der Waals surface area contributed by atoms with Crippen LogP contribution in [0, 0.1) is 11.3 Å². The Bertz CT molecular complexity index is 1040. The van der Waals surface area contributed by atoms with E-state index in [1.54, 1.807) is 36.4 Å². The summed E-state index contributed by atoms with van der Waals surface area (Å²) < 4.78 is 5.56. The molecular weight excluding hydrogens is 378 g/mol. The van der Waals surface area contributed by atoms with E-state index < -0.39 is 17.3 Å².